The lowest BCUT2D eigenvalue weighted by Gasteiger charge is -2.09. The first-order valence-corrected chi connectivity index (χ1v) is 10.9. The van der Waals surface area contributed by atoms with Crippen LogP contribution in [-0.4, -0.2) is 29.9 Å². The topological polar surface area (TPSA) is 89.6 Å². The Morgan fingerprint density at radius 1 is 1.06 bits per heavy atom. The molecular formula is C22H22ClN3O4S. The van der Waals surface area contributed by atoms with Crippen molar-refractivity contribution >= 4 is 40.4 Å². The number of likely N-dealkylation sites (N-methyl/N-ethyl adjacent to an activating group) is 1. The van der Waals surface area contributed by atoms with Gasteiger partial charge >= 0.3 is 0 Å². The summed E-state index contributed by atoms with van der Waals surface area (Å²) >= 11 is 7.30. The van der Waals surface area contributed by atoms with Crippen LogP contribution in [0.1, 0.15) is 17.6 Å². The van der Waals surface area contributed by atoms with Crippen molar-refractivity contribution in [1.82, 2.24) is 10.3 Å². The van der Waals surface area contributed by atoms with Crippen molar-refractivity contribution in [2.75, 3.05) is 18.5 Å². The van der Waals surface area contributed by atoms with Crippen LogP contribution in [0.25, 0.3) is 0 Å². The molecule has 3 aromatic rings. The first kappa shape index (κ1) is 22.6. The molecule has 0 aliphatic carbocycles. The van der Waals surface area contributed by atoms with Gasteiger partial charge in [0.15, 0.2) is 6.61 Å². The number of ether oxygens (including phenoxy) is 2. The second kappa shape index (κ2) is 11.3. The summed E-state index contributed by atoms with van der Waals surface area (Å²) in [6.07, 6.45) is 0.140. The van der Waals surface area contributed by atoms with Gasteiger partial charge in [0.1, 0.15) is 23.1 Å². The average molecular weight is 460 g/mol. The van der Waals surface area contributed by atoms with E-state index < -0.39 is 0 Å². The van der Waals surface area contributed by atoms with E-state index in [0.717, 1.165) is 5.01 Å². The first-order valence-electron chi connectivity index (χ1n) is 9.63. The lowest BCUT2D eigenvalue weighted by molar-refractivity contribution is -0.123. The van der Waals surface area contributed by atoms with Crippen LogP contribution < -0.4 is 20.1 Å². The zero-order chi connectivity index (χ0) is 22.1. The van der Waals surface area contributed by atoms with Crippen molar-refractivity contribution in [3.63, 3.8) is 0 Å². The second-order valence-electron chi connectivity index (χ2n) is 6.47. The Kier molecular flexibility index (Phi) is 8.26. The summed E-state index contributed by atoms with van der Waals surface area (Å²) < 4.78 is 11.1. The maximum Gasteiger partial charge on any atom is 0.257 e. The third-order valence-electron chi connectivity index (χ3n) is 3.98. The number of nitrogens with one attached hydrogen (secondary N) is 2. The molecule has 2 N–H and O–H groups in total. The molecule has 7 nitrogen and oxygen atoms in total. The number of nitrogens with zero attached hydrogens (tertiary/aromatic N) is 1. The Morgan fingerprint density at radius 2 is 1.87 bits per heavy atom. The van der Waals surface area contributed by atoms with Crippen molar-refractivity contribution in [2.24, 2.45) is 0 Å². The van der Waals surface area contributed by atoms with E-state index in [1.165, 1.54) is 11.3 Å². The SMILES string of the molecule is CCNC(=O)COc1cccc(NC(=O)Cc2csc(COc3ccc(Cl)cc3)n2)c1. The lowest BCUT2D eigenvalue weighted by Crippen LogP contribution is -2.28. The van der Waals surface area contributed by atoms with Crippen LogP contribution in [0.3, 0.4) is 0 Å². The molecule has 2 amide bonds. The molecule has 162 valence electrons. The van der Waals surface area contributed by atoms with Crippen LogP contribution in [-0.2, 0) is 22.6 Å². The molecule has 0 aliphatic heterocycles. The predicted molar refractivity (Wildman–Crippen MR) is 121 cm³/mol. The number of anilines is 1. The van der Waals surface area contributed by atoms with Gasteiger partial charge in [0, 0.05) is 28.7 Å². The van der Waals surface area contributed by atoms with E-state index in [9.17, 15) is 9.59 Å². The number of thiazole rings is 1. The highest BCUT2D eigenvalue weighted by Crippen LogP contribution is 2.20. The van der Waals surface area contributed by atoms with Gasteiger partial charge < -0.3 is 20.1 Å². The van der Waals surface area contributed by atoms with Gasteiger partial charge in [0.25, 0.3) is 5.91 Å². The highest BCUT2D eigenvalue weighted by Gasteiger charge is 2.10. The van der Waals surface area contributed by atoms with Gasteiger partial charge in [-0.15, -0.1) is 11.3 Å². The zero-order valence-corrected chi connectivity index (χ0v) is 18.5. The normalized spacial score (nSPS) is 10.4. The van der Waals surface area contributed by atoms with Crippen LogP contribution >= 0.6 is 22.9 Å². The maximum atomic E-state index is 12.4. The van der Waals surface area contributed by atoms with Crippen LogP contribution in [0, 0.1) is 0 Å². The summed E-state index contributed by atoms with van der Waals surface area (Å²) in [5.41, 5.74) is 1.25. The highest BCUT2D eigenvalue weighted by molar-refractivity contribution is 7.09. The molecule has 2 aromatic carbocycles. The molecule has 0 fully saturated rings. The van der Waals surface area contributed by atoms with E-state index in [2.05, 4.69) is 15.6 Å². The number of benzene rings is 2. The fourth-order valence-corrected chi connectivity index (χ4v) is 3.43. The summed E-state index contributed by atoms with van der Waals surface area (Å²) in [6.45, 7) is 2.62. The zero-order valence-electron chi connectivity index (χ0n) is 16.9. The molecule has 0 saturated carbocycles. The second-order valence-corrected chi connectivity index (χ2v) is 7.85. The van der Waals surface area contributed by atoms with Crippen molar-refractivity contribution in [3.8, 4) is 11.5 Å². The minimum atomic E-state index is -0.198. The van der Waals surface area contributed by atoms with Crippen molar-refractivity contribution in [2.45, 2.75) is 20.0 Å². The molecule has 0 aliphatic rings. The van der Waals surface area contributed by atoms with Crippen molar-refractivity contribution < 1.29 is 19.1 Å². The monoisotopic (exact) mass is 459 g/mol. The van der Waals surface area contributed by atoms with E-state index in [4.69, 9.17) is 21.1 Å². The Hall–Kier alpha value is -3.10. The van der Waals surface area contributed by atoms with E-state index in [-0.39, 0.29) is 24.8 Å². The quantitative estimate of drug-likeness (QED) is 0.477. The predicted octanol–water partition coefficient (Wildman–Crippen LogP) is 4.07. The third kappa shape index (κ3) is 7.58. The number of rotatable bonds is 10. The molecule has 9 heteroatoms. The molecular weight excluding hydrogens is 438 g/mol. The van der Waals surface area contributed by atoms with Gasteiger partial charge in [-0.3, -0.25) is 9.59 Å². The number of hydrogen-bond acceptors (Lipinski definition) is 6. The van der Waals surface area contributed by atoms with Crippen LogP contribution in [0.2, 0.25) is 5.02 Å². The summed E-state index contributed by atoms with van der Waals surface area (Å²) in [5.74, 6) is 0.806. The Balaban J connectivity index is 1.48. The lowest BCUT2D eigenvalue weighted by atomic mass is 10.2. The van der Waals surface area contributed by atoms with Crippen molar-refractivity contribution in [1.29, 1.82) is 0 Å². The number of amides is 2. The van der Waals surface area contributed by atoms with Gasteiger partial charge in [0.2, 0.25) is 5.91 Å². The summed E-state index contributed by atoms with van der Waals surface area (Å²) in [6, 6.07) is 14.0. The number of aromatic nitrogens is 1. The van der Waals surface area contributed by atoms with Gasteiger partial charge in [-0.05, 0) is 43.3 Å². The van der Waals surface area contributed by atoms with Gasteiger partial charge in [-0.25, -0.2) is 4.98 Å². The Labute approximate surface area is 189 Å². The molecule has 0 radical (unpaired) electrons. The number of hydrogen-bond donors (Lipinski definition) is 2. The standard InChI is InChI=1S/C22H22ClN3O4S/c1-2-24-21(28)12-29-19-5-3-4-16(10-19)25-20(27)11-17-14-31-22(26-17)13-30-18-8-6-15(23)7-9-18/h3-10,14H,2,11-13H2,1H3,(H,24,28)(H,25,27). The van der Waals surface area contributed by atoms with Crippen LogP contribution in [0.5, 0.6) is 11.5 Å². The number of carbonyl (C=O) groups is 2. The van der Waals surface area contributed by atoms with E-state index in [1.54, 1.807) is 48.5 Å². The number of carbonyl (C=O) groups excluding carboxylic acids is 2. The molecule has 0 saturated heterocycles. The Bertz CT molecular complexity index is 1020. The third-order valence-corrected chi connectivity index (χ3v) is 5.10. The van der Waals surface area contributed by atoms with Crippen LogP contribution in [0.4, 0.5) is 5.69 Å². The molecule has 0 unspecified atom stereocenters. The molecule has 0 bridgehead atoms. The van der Waals surface area contributed by atoms with Gasteiger partial charge in [0.05, 0.1) is 12.1 Å². The van der Waals surface area contributed by atoms with Gasteiger partial charge in [-0.1, -0.05) is 17.7 Å². The van der Waals surface area contributed by atoms with Crippen LogP contribution in [0.15, 0.2) is 53.9 Å². The summed E-state index contributed by atoms with van der Waals surface area (Å²) in [4.78, 5) is 28.3. The molecule has 0 spiro atoms. The number of halogens is 1. The average Bonchev–Trinajstić information content (AvgIpc) is 3.19. The van der Waals surface area contributed by atoms with E-state index >= 15 is 0 Å². The minimum absolute atomic E-state index is 0.0784. The maximum absolute atomic E-state index is 12.4. The summed E-state index contributed by atoms with van der Waals surface area (Å²) in [5, 5.41) is 8.74. The molecule has 1 heterocycles. The van der Waals surface area contributed by atoms with E-state index in [0.29, 0.717) is 41.1 Å². The fraction of sp³-hybridized carbons (Fsp3) is 0.227. The first-order chi connectivity index (χ1) is 15.0. The summed E-state index contributed by atoms with van der Waals surface area (Å²) in [7, 11) is 0. The molecule has 31 heavy (non-hydrogen) atoms. The molecule has 1 aromatic heterocycles. The van der Waals surface area contributed by atoms with E-state index in [1.807, 2.05) is 12.3 Å². The highest BCUT2D eigenvalue weighted by atomic mass is 35.5. The van der Waals surface area contributed by atoms with Gasteiger partial charge in [-0.2, -0.15) is 0 Å². The smallest absolute Gasteiger partial charge is 0.257 e. The molecule has 0 atom stereocenters. The molecule has 3 rings (SSSR count). The largest absolute Gasteiger partial charge is 0.486 e. The fourth-order valence-electron chi connectivity index (χ4n) is 2.60. The minimum Gasteiger partial charge on any atom is -0.486 e. The van der Waals surface area contributed by atoms with Crippen molar-refractivity contribution in [3.05, 3.63) is 69.6 Å². The Morgan fingerprint density at radius 3 is 2.65 bits per heavy atom.